The van der Waals surface area contributed by atoms with Crippen LogP contribution in [0.5, 0.6) is 0 Å². The number of hydrogen-bond acceptors (Lipinski definition) is 2. The molecule has 2 aliphatic rings. The summed E-state index contributed by atoms with van der Waals surface area (Å²) in [5.74, 6) is 0.332. The number of hydrogen-bond donors (Lipinski definition) is 0. The van der Waals surface area contributed by atoms with Crippen molar-refractivity contribution >= 4 is 23.4 Å². The third-order valence-electron chi connectivity index (χ3n) is 4.71. The van der Waals surface area contributed by atoms with E-state index in [1.165, 1.54) is 37.7 Å². The maximum atomic E-state index is 12.9. The molecule has 0 saturated heterocycles. The molecular weight excluding hydrogens is 278 g/mol. The number of benzene rings is 1. The Labute approximate surface area is 132 Å². The molecule has 0 N–H and O–H groups in total. The van der Waals surface area contributed by atoms with Gasteiger partial charge in [-0.3, -0.25) is 4.79 Å². The van der Waals surface area contributed by atoms with Crippen molar-refractivity contribution in [2.45, 2.75) is 62.4 Å². The highest BCUT2D eigenvalue weighted by atomic mass is 32.2. The first-order chi connectivity index (χ1) is 10.3. The molecule has 2 nitrogen and oxygen atoms in total. The number of para-hydroxylation sites is 1. The van der Waals surface area contributed by atoms with Crippen LogP contribution in [0.4, 0.5) is 5.69 Å². The van der Waals surface area contributed by atoms with Crippen LogP contribution in [0.15, 0.2) is 24.3 Å². The first-order valence-corrected chi connectivity index (χ1v) is 9.28. The lowest BCUT2D eigenvalue weighted by molar-refractivity contribution is -0.118. The number of carbonyl (C=O) groups is 1. The second-order valence-electron chi connectivity index (χ2n) is 6.16. The average molecular weight is 303 g/mol. The number of thioether (sulfide) groups is 1. The summed E-state index contributed by atoms with van der Waals surface area (Å²) in [6.45, 7) is 3.01. The minimum atomic E-state index is 0.138. The Morgan fingerprint density at radius 2 is 2.05 bits per heavy atom. The normalized spacial score (nSPS) is 20.3. The molecule has 3 heteroatoms. The zero-order valence-electron chi connectivity index (χ0n) is 12.9. The van der Waals surface area contributed by atoms with E-state index in [1.807, 2.05) is 22.7 Å². The monoisotopic (exact) mass is 303 g/mol. The molecule has 1 unspecified atom stereocenters. The van der Waals surface area contributed by atoms with Gasteiger partial charge in [-0.1, -0.05) is 44.4 Å². The number of nitrogens with zero attached hydrogens (tertiary/aromatic N) is 1. The van der Waals surface area contributed by atoms with Gasteiger partial charge >= 0.3 is 0 Å². The SMILES string of the molecule is CCC(SC1CCCCC1)C(=O)N1CCc2ccccc21. The van der Waals surface area contributed by atoms with Crippen LogP contribution in [-0.4, -0.2) is 23.0 Å². The summed E-state index contributed by atoms with van der Waals surface area (Å²) in [5, 5.41) is 0.838. The maximum absolute atomic E-state index is 12.9. The van der Waals surface area contributed by atoms with Crippen molar-refractivity contribution < 1.29 is 4.79 Å². The molecule has 1 aliphatic heterocycles. The van der Waals surface area contributed by atoms with E-state index in [0.717, 1.165) is 25.1 Å². The highest BCUT2D eigenvalue weighted by Gasteiger charge is 2.31. The van der Waals surface area contributed by atoms with Gasteiger partial charge in [0.25, 0.3) is 0 Å². The fourth-order valence-corrected chi connectivity index (χ4v) is 5.01. The van der Waals surface area contributed by atoms with E-state index >= 15 is 0 Å². The second-order valence-corrected chi connectivity index (χ2v) is 7.67. The van der Waals surface area contributed by atoms with Gasteiger partial charge in [0.15, 0.2) is 0 Å². The van der Waals surface area contributed by atoms with Crippen molar-refractivity contribution in [1.29, 1.82) is 0 Å². The Kier molecular flexibility index (Phi) is 4.89. The molecule has 0 radical (unpaired) electrons. The lowest BCUT2D eigenvalue weighted by atomic mass is 10.0. The van der Waals surface area contributed by atoms with E-state index in [0.29, 0.717) is 11.2 Å². The molecule has 1 heterocycles. The summed E-state index contributed by atoms with van der Waals surface area (Å²) in [4.78, 5) is 14.9. The fraction of sp³-hybridized carbons (Fsp3) is 0.611. The molecule has 1 atom stereocenters. The van der Waals surface area contributed by atoms with E-state index in [4.69, 9.17) is 0 Å². The van der Waals surface area contributed by atoms with Crippen LogP contribution in [0, 0.1) is 0 Å². The van der Waals surface area contributed by atoms with Crippen LogP contribution >= 0.6 is 11.8 Å². The molecule has 0 aromatic heterocycles. The number of fused-ring (bicyclic) bond motifs is 1. The van der Waals surface area contributed by atoms with Gasteiger partial charge in [0.2, 0.25) is 5.91 Å². The Morgan fingerprint density at radius 1 is 1.29 bits per heavy atom. The number of carbonyl (C=O) groups excluding carboxylic acids is 1. The summed E-state index contributed by atoms with van der Waals surface area (Å²) in [7, 11) is 0. The minimum Gasteiger partial charge on any atom is -0.311 e. The smallest absolute Gasteiger partial charge is 0.240 e. The van der Waals surface area contributed by atoms with Gasteiger partial charge in [0.1, 0.15) is 0 Å². The van der Waals surface area contributed by atoms with E-state index < -0.39 is 0 Å². The molecule has 21 heavy (non-hydrogen) atoms. The zero-order valence-corrected chi connectivity index (χ0v) is 13.7. The Bertz CT molecular complexity index is 496. The lowest BCUT2D eigenvalue weighted by Gasteiger charge is -2.28. The van der Waals surface area contributed by atoms with E-state index in [1.54, 1.807) is 0 Å². The predicted octanol–water partition coefficient (Wildman–Crippen LogP) is 4.42. The summed E-state index contributed by atoms with van der Waals surface area (Å²) in [6, 6.07) is 8.36. The second kappa shape index (κ2) is 6.87. The Balaban J connectivity index is 1.68. The summed E-state index contributed by atoms with van der Waals surface area (Å²) in [6.07, 6.45) is 8.60. The van der Waals surface area contributed by atoms with Gasteiger partial charge in [-0.25, -0.2) is 0 Å². The topological polar surface area (TPSA) is 20.3 Å². The first-order valence-electron chi connectivity index (χ1n) is 8.34. The third-order valence-corrected chi connectivity index (χ3v) is 6.43. The van der Waals surface area contributed by atoms with Crippen LogP contribution in [0.3, 0.4) is 0 Å². The molecule has 1 amide bonds. The van der Waals surface area contributed by atoms with Gasteiger partial charge in [0.05, 0.1) is 5.25 Å². The first kappa shape index (κ1) is 15.0. The van der Waals surface area contributed by atoms with Crippen molar-refractivity contribution in [2.75, 3.05) is 11.4 Å². The van der Waals surface area contributed by atoms with Crippen molar-refractivity contribution in [3.8, 4) is 0 Å². The average Bonchev–Trinajstić information content (AvgIpc) is 2.97. The van der Waals surface area contributed by atoms with Gasteiger partial charge in [-0.05, 0) is 37.3 Å². The highest BCUT2D eigenvalue weighted by molar-refractivity contribution is 8.01. The van der Waals surface area contributed by atoms with Gasteiger partial charge in [-0.2, -0.15) is 0 Å². The van der Waals surface area contributed by atoms with Crippen LogP contribution < -0.4 is 4.90 Å². The van der Waals surface area contributed by atoms with Crippen molar-refractivity contribution in [1.82, 2.24) is 0 Å². The van der Waals surface area contributed by atoms with Crippen molar-refractivity contribution in [2.24, 2.45) is 0 Å². The largest absolute Gasteiger partial charge is 0.311 e. The van der Waals surface area contributed by atoms with Gasteiger partial charge in [0, 0.05) is 17.5 Å². The van der Waals surface area contributed by atoms with Crippen LogP contribution in [0.1, 0.15) is 51.0 Å². The summed E-state index contributed by atoms with van der Waals surface area (Å²) < 4.78 is 0. The minimum absolute atomic E-state index is 0.138. The van der Waals surface area contributed by atoms with E-state index in [9.17, 15) is 4.79 Å². The molecule has 1 aliphatic carbocycles. The quantitative estimate of drug-likeness (QED) is 0.820. The van der Waals surface area contributed by atoms with Crippen LogP contribution in [0.2, 0.25) is 0 Å². The van der Waals surface area contributed by atoms with Gasteiger partial charge in [-0.15, -0.1) is 11.8 Å². The van der Waals surface area contributed by atoms with Crippen molar-refractivity contribution in [3.63, 3.8) is 0 Å². The molecule has 1 fully saturated rings. The van der Waals surface area contributed by atoms with E-state index in [2.05, 4.69) is 25.1 Å². The molecule has 1 aromatic rings. The van der Waals surface area contributed by atoms with Gasteiger partial charge < -0.3 is 4.90 Å². The predicted molar refractivity (Wildman–Crippen MR) is 91.0 cm³/mol. The Morgan fingerprint density at radius 3 is 2.81 bits per heavy atom. The number of amides is 1. The molecule has 1 aromatic carbocycles. The van der Waals surface area contributed by atoms with Crippen LogP contribution in [0.25, 0.3) is 0 Å². The Hall–Kier alpha value is -0.960. The van der Waals surface area contributed by atoms with E-state index in [-0.39, 0.29) is 5.25 Å². The summed E-state index contributed by atoms with van der Waals surface area (Å²) in [5.41, 5.74) is 2.47. The third kappa shape index (κ3) is 3.28. The standard InChI is InChI=1S/C18H25NOS/c1-2-17(21-15-9-4-3-5-10-15)18(20)19-13-12-14-8-6-7-11-16(14)19/h6-8,11,15,17H,2-5,9-10,12-13H2,1H3. The highest BCUT2D eigenvalue weighted by Crippen LogP contribution is 2.35. The van der Waals surface area contributed by atoms with Crippen LogP contribution in [-0.2, 0) is 11.2 Å². The summed E-state index contributed by atoms with van der Waals surface area (Å²) >= 11 is 1.94. The molecule has 3 rings (SSSR count). The molecule has 114 valence electrons. The zero-order chi connectivity index (χ0) is 14.7. The number of anilines is 1. The van der Waals surface area contributed by atoms with Crippen molar-refractivity contribution in [3.05, 3.63) is 29.8 Å². The number of rotatable bonds is 4. The molecule has 0 spiro atoms. The molecular formula is C18H25NOS. The molecule has 0 bridgehead atoms. The molecule has 1 saturated carbocycles. The fourth-order valence-electron chi connectivity index (χ4n) is 3.50. The maximum Gasteiger partial charge on any atom is 0.240 e. The lowest BCUT2D eigenvalue weighted by Crippen LogP contribution is -2.37.